The molecule has 0 fully saturated rings. The monoisotopic (exact) mass is 263 g/mol. The highest BCUT2D eigenvalue weighted by atomic mass is 16.5. The molecular weight excluding hydrogens is 244 g/mol. The van der Waals surface area contributed by atoms with Crippen molar-refractivity contribution in [1.82, 2.24) is 4.57 Å². The van der Waals surface area contributed by atoms with E-state index in [2.05, 4.69) is 11.5 Å². The molecule has 0 bridgehead atoms. The SMILES string of the molecule is CCn1c(C)[n+](CC(=O)OC)c2ccc(OC)cc21. The fourth-order valence-electron chi connectivity index (χ4n) is 2.36. The van der Waals surface area contributed by atoms with Gasteiger partial charge in [-0.15, -0.1) is 0 Å². The Bertz CT molecular complexity index is 617. The van der Waals surface area contributed by atoms with Crippen LogP contribution in [-0.2, 0) is 22.6 Å². The average Bonchev–Trinajstić information content (AvgIpc) is 2.70. The quantitative estimate of drug-likeness (QED) is 0.619. The lowest BCUT2D eigenvalue weighted by atomic mass is 10.3. The van der Waals surface area contributed by atoms with Crippen molar-refractivity contribution in [1.29, 1.82) is 0 Å². The summed E-state index contributed by atoms with van der Waals surface area (Å²) in [5, 5.41) is 0. The Kier molecular flexibility index (Phi) is 3.74. The van der Waals surface area contributed by atoms with Gasteiger partial charge in [-0.2, -0.15) is 0 Å². The number of methoxy groups -OCH3 is 2. The van der Waals surface area contributed by atoms with Crippen LogP contribution in [-0.4, -0.2) is 24.8 Å². The Hall–Kier alpha value is -2.04. The molecule has 0 aliphatic rings. The van der Waals surface area contributed by atoms with Gasteiger partial charge < -0.3 is 9.47 Å². The minimum absolute atomic E-state index is 0.220. The normalized spacial score (nSPS) is 10.7. The summed E-state index contributed by atoms with van der Waals surface area (Å²) in [7, 11) is 3.05. The molecule has 1 aromatic heterocycles. The van der Waals surface area contributed by atoms with Crippen LogP contribution in [0.4, 0.5) is 0 Å². The summed E-state index contributed by atoms with van der Waals surface area (Å²) in [6.45, 7) is 5.13. The van der Waals surface area contributed by atoms with E-state index in [1.807, 2.05) is 29.7 Å². The Labute approximate surface area is 112 Å². The maximum Gasteiger partial charge on any atom is 0.348 e. The van der Waals surface area contributed by atoms with Gasteiger partial charge in [-0.05, 0) is 19.1 Å². The van der Waals surface area contributed by atoms with Crippen molar-refractivity contribution < 1.29 is 18.8 Å². The number of fused-ring (bicyclic) bond motifs is 1. The first-order valence-electron chi connectivity index (χ1n) is 6.25. The van der Waals surface area contributed by atoms with E-state index in [4.69, 9.17) is 9.47 Å². The van der Waals surface area contributed by atoms with Gasteiger partial charge in [-0.3, -0.25) is 0 Å². The first-order valence-corrected chi connectivity index (χ1v) is 6.25. The second-order valence-electron chi connectivity index (χ2n) is 4.31. The third-order valence-corrected chi connectivity index (χ3v) is 3.38. The minimum Gasteiger partial charge on any atom is -0.497 e. The van der Waals surface area contributed by atoms with Crippen LogP contribution in [0.5, 0.6) is 5.75 Å². The van der Waals surface area contributed by atoms with Gasteiger partial charge in [-0.1, -0.05) is 0 Å². The van der Waals surface area contributed by atoms with Gasteiger partial charge in [0.15, 0.2) is 17.6 Å². The topological polar surface area (TPSA) is 44.3 Å². The lowest BCUT2D eigenvalue weighted by Crippen LogP contribution is -2.40. The van der Waals surface area contributed by atoms with E-state index in [0.29, 0.717) is 0 Å². The van der Waals surface area contributed by atoms with Gasteiger partial charge in [0.2, 0.25) is 0 Å². The molecule has 0 amide bonds. The summed E-state index contributed by atoms with van der Waals surface area (Å²) in [4.78, 5) is 11.5. The van der Waals surface area contributed by atoms with E-state index in [1.54, 1.807) is 7.11 Å². The van der Waals surface area contributed by atoms with E-state index in [9.17, 15) is 4.79 Å². The Morgan fingerprint density at radius 3 is 2.68 bits per heavy atom. The Morgan fingerprint density at radius 1 is 1.37 bits per heavy atom. The van der Waals surface area contributed by atoms with Crippen LogP contribution in [0, 0.1) is 6.92 Å². The molecule has 2 rings (SSSR count). The summed E-state index contributed by atoms with van der Waals surface area (Å²) in [5.41, 5.74) is 2.06. The summed E-state index contributed by atoms with van der Waals surface area (Å²) in [6, 6.07) is 5.85. The third-order valence-electron chi connectivity index (χ3n) is 3.38. The number of esters is 1. The first-order chi connectivity index (χ1) is 9.12. The van der Waals surface area contributed by atoms with Gasteiger partial charge in [0.1, 0.15) is 5.75 Å². The molecule has 1 heterocycles. The highest BCUT2D eigenvalue weighted by molar-refractivity contribution is 5.75. The molecule has 1 aromatic carbocycles. The molecule has 0 aliphatic carbocycles. The van der Waals surface area contributed by atoms with E-state index in [1.165, 1.54) is 7.11 Å². The van der Waals surface area contributed by atoms with Crippen LogP contribution in [0.25, 0.3) is 11.0 Å². The molecule has 0 unspecified atom stereocenters. The number of benzene rings is 1. The first kappa shape index (κ1) is 13.4. The molecule has 0 aliphatic heterocycles. The van der Waals surface area contributed by atoms with Gasteiger partial charge in [-0.25, -0.2) is 13.9 Å². The van der Waals surface area contributed by atoms with Crippen LogP contribution in [0.1, 0.15) is 12.7 Å². The van der Waals surface area contributed by atoms with Crippen LogP contribution in [0.2, 0.25) is 0 Å². The molecule has 0 spiro atoms. The highest BCUT2D eigenvalue weighted by Crippen LogP contribution is 2.20. The molecule has 19 heavy (non-hydrogen) atoms. The van der Waals surface area contributed by atoms with Gasteiger partial charge in [0.25, 0.3) is 5.82 Å². The smallest absolute Gasteiger partial charge is 0.348 e. The number of aromatic nitrogens is 2. The fraction of sp³-hybridized carbons (Fsp3) is 0.429. The zero-order chi connectivity index (χ0) is 14.0. The maximum absolute atomic E-state index is 11.5. The van der Waals surface area contributed by atoms with Crippen molar-refractivity contribution in [3.63, 3.8) is 0 Å². The molecule has 2 aromatic rings. The number of aryl methyl sites for hydroxylation is 1. The molecule has 0 saturated carbocycles. The van der Waals surface area contributed by atoms with Gasteiger partial charge in [0.05, 0.1) is 20.8 Å². The van der Waals surface area contributed by atoms with Crippen LogP contribution >= 0.6 is 0 Å². The zero-order valence-corrected chi connectivity index (χ0v) is 11.8. The van der Waals surface area contributed by atoms with Crippen molar-refractivity contribution in [2.45, 2.75) is 26.9 Å². The van der Waals surface area contributed by atoms with Crippen molar-refractivity contribution in [3.05, 3.63) is 24.0 Å². The number of imidazole rings is 1. The van der Waals surface area contributed by atoms with Crippen molar-refractivity contribution in [2.75, 3.05) is 14.2 Å². The minimum atomic E-state index is -0.251. The van der Waals surface area contributed by atoms with E-state index >= 15 is 0 Å². The number of hydrogen-bond acceptors (Lipinski definition) is 3. The van der Waals surface area contributed by atoms with Crippen LogP contribution < -0.4 is 9.30 Å². The molecular formula is C14H19N2O3+. The van der Waals surface area contributed by atoms with Crippen molar-refractivity contribution in [3.8, 4) is 5.75 Å². The zero-order valence-electron chi connectivity index (χ0n) is 11.8. The number of hydrogen-bond donors (Lipinski definition) is 0. The second kappa shape index (κ2) is 5.30. The third kappa shape index (κ3) is 2.28. The largest absolute Gasteiger partial charge is 0.497 e. The van der Waals surface area contributed by atoms with E-state index in [0.717, 1.165) is 29.2 Å². The average molecular weight is 263 g/mol. The number of rotatable bonds is 4. The molecule has 0 saturated heterocycles. The number of carbonyl (C=O) groups is 1. The van der Waals surface area contributed by atoms with Gasteiger partial charge in [0, 0.05) is 13.0 Å². The molecule has 5 nitrogen and oxygen atoms in total. The fourth-order valence-corrected chi connectivity index (χ4v) is 2.36. The predicted molar refractivity (Wildman–Crippen MR) is 71.1 cm³/mol. The summed E-state index contributed by atoms with van der Waals surface area (Å²) in [6.07, 6.45) is 0. The van der Waals surface area contributed by atoms with E-state index < -0.39 is 0 Å². The van der Waals surface area contributed by atoms with Crippen molar-refractivity contribution in [2.24, 2.45) is 0 Å². The number of nitrogens with zero attached hydrogens (tertiary/aromatic N) is 2. The second-order valence-corrected chi connectivity index (χ2v) is 4.31. The number of ether oxygens (including phenoxy) is 2. The molecule has 0 N–H and O–H groups in total. The summed E-state index contributed by atoms with van der Waals surface area (Å²) >= 11 is 0. The summed E-state index contributed by atoms with van der Waals surface area (Å²) in [5.74, 6) is 1.58. The maximum atomic E-state index is 11.5. The Balaban J connectivity index is 2.63. The summed E-state index contributed by atoms with van der Waals surface area (Å²) < 4.78 is 14.1. The predicted octanol–water partition coefficient (Wildman–Crippen LogP) is 1.44. The molecule has 102 valence electrons. The van der Waals surface area contributed by atoms with Gasteiger partial charge >= 0.3 is 5.97 Å². The lowest BCUT2D eigenvalue weighted by molar-refractivity contribution is -0.667. The van der Waals surface area contributed by atoms with Crippen LogP contribution in [0.3, 0.4) is 0 Å². The van der Waals surface area contributed by atoms with E-state index in [-0.39, 0.29) is 12.5 Å². The standard InChI is InChI=1S/C14H19N2O3/c1-5-15-10(2)16(9-14(17)19-4)12-7-6-11(18-3)8-13(12)15/h6-8H,5,9H2,1-4H3/q+1. The highest BCUT2D eigenvalue weighted by Gasteiger charge is 2.23. The Morgan fingerprint density at radius 2 is 2.11 bits per heavy atom. The molecule has 5 heteroatoms. The lowest BCUT2D eigenvalue weighted by Gasteiger charge is -1.99. The van der Waals surface area contributed by atoms with Crippen molar-refractivity contribution >= 4 is 17.0 Å². The molecule has 0 atom stereocenters. The number of carbonyl (C=O) groups excluding carboxylic acids is 1. The van der Waals surface area contributed by atoms with Crippen LogP contribution in [0.15, 0.2) is 18.2 Å². The molecule has 0 radical (unpaired) electrons.